The molecular formula is C20H10F4N6OS. The SMILES string of the molecule is Fc1cccc(-c2nnc(Sc3cc(-c4ccc(C(F)(F)F)cc4)nc4ncnn34)o2)c1. The molecule has 0 fully saturated rings. The topological polar surface area (TPSA) is 82.0 Å². The fourth-order valence-corrected chi connectivity index (χ4v) is 3.68. The zero-order valence-corrected chi connectivity index (χ0v) is 16.6. The molecule has 3 heterocycles. The minimum absolute atomic E-state index is 0.138. The van der Waals surface area contributed by atoms with Gasteiger partial charge in [-0.15, -0.1) is 10.2 Å². The van der Waals surface area contributed by atoms with Crippen LogP contribution in [0, 0.1) is 5.82 Å². The van der Waals surface area contributed by atoms with Crippen molar-refractivity contribution in [2.24, 2.45) is 0 Å². The molecule has 160 valence electrons. The molecule has 0 unspecified atom stereocenters. The first-order valence-electron chi connectivity index (χ1n) is 9.02. The lowest BCUT2D eigenvalue weighted by molar-refractivity contribution is -0.137. The first-order chi connectivity index (χ1) is 15.4. The van der Waals surface area contributed by atoms with Gasteiger partial charge < -0.3 is 4.42 Å². The zero-order chi connectivity index (χ0) is 22.3. The van der Waals surface area contributed by atoms with Crippen LogP contribution < -0.4 is 0 Å². The quantitative estimate of drug-likeness (QED) is 0.272. The van der Waals surface area contributed by atoms with Gasteiger partial charge in [-0.1, -0.05) is 18.2 Å². The van der Waals surface area contributed by atoms with Crippen molar-refractivity contribution in [1.29, 1.82) is 0 Å². The first-order valence-corrected chi connectivity index (χ1v) is 9.84. The molecule has 0 amide bonds. The van der Waals surface area contributed by atoms with Crippen LogP contribution in [0.1, 0.15) is 5.56 Å². The summed E-state index contributed by atoms with van der Waals surface area (Å²) in [6, 6.07) is 12.0. The Kier molecular flexibility index (Phi) is 4.85. The van der Waals surface area contributed by atoms with Gasteiger partial charge in [0, 0.05) is 11.1 Å². The number of hydrogen-bond acceptors (Lipinski definition) is 7. The highest BCUT2D eigenvalue weighted by atomic mass is 32.2. The van der Waals surface area contributed by atoms with E-state index in [1.165, 1.54) is 41.2 Å². The second kappa shape index (κ2) is 7.71. The number of nitrogens with zero attached hydrogens (tertiary/aromatic N) is 6. The molecule has 12 heteroatoms. The average Bonchev–Trinajstić information content (AvgIpc) is 3.43. The lowest BCUT2D eigenvalue weighted by Gasteiger charge is -2.08. The zero-order valence-electron chi connectivity index (χ0n) is 15.8. The molecule has 0 atom stereocenters. The van der Waals surface area contributed by atoms with Crippen LogP contribution in [0.5, 0.6) is 0 Å². The number of alkyl halides is 3. The van der Waals surface area contributed by atoms with Crippen LogP contribution in [-0.4, -0.2) is 29.8 Å². The molecule has 3 aromatic heterocycles. The highest BCUT2D eigenvalue weighted by Crippen LogP contribution is 2.33. The van der Waals surface area contributed by atoms with E-state index >= 15 is 0 Å². The number of aromatic nitrogens is 6. The van der Waals surface area contributed by atoms with Gasteiger partial charge >= 0.3 is 6.18 Å². The van der Waals surface area contributed by atoms with Crippen LogP contribution in [0.25, 0.3) is 28.5 Å². The third kappa shape index (κ3) is 3.91. The molecular weight excluding hydrogens is 448 g/mol. The summed E-state index contributed by atoms with van der Waals surface area (Å²) in [4.78, 5) is 8.41. The Morgan fingerprint density at radius 2 is 1.75 bits per heavy atom. The molecule has 7 nitrogen and oxygen atoms in total. The summed E-state index contributed by atoms with van der Waals surface area (Å²) in [7, 11) is 0. The summed E-state index contributed by atoms with van der Waals surface area (Å²) in [5.41, 5.74) is 0.536. The van der Waals surface area contributed by atoms with E-state index in [0.717, 1.165) is 23.9 Å². The molecule has 0 aliphatic rings. The van der Waals surface area contributed by atoms with Crippen molar-refractivity contribution in [2.75, 3.05) is 0 Å². The van der Waals surface area contributed by atoms with Crippen LogP contribution in [0.2, 0.25) is 0 Å². The van der Waals surface area contributed by atoms with E-state index in [9.17, 15) is 17.6 Å². The maximum atomic E-state index is 13.5. The maximum absolute atomic E-state index is 13.5. The van der Waals surface area contributed by atoms with Crippen molar-refractivity contribution in [3.05, 3.63) is 72.3 Å². The van der Waals surface area contributed by atoms with Gasteiger partial charge in [0.15, 0.2) is 0 Å². The summed E-state index contributed by atoms with van der Waals surface area (Å²) in [6.07, 6.45) is -3.13. The Hall–Kier alpha value is -3.80. The lowest BCUT2D eigenvalue weighted by Crippen LogP contribution is -2.04. The van der Waals surface area contributed by atoms with E-state index in [1.54, 1.807) is 12.1 Å². The second-order valence-electron chi connectivity index (χ2n) is 6.51. The van der Waals surface area contributed by atoms with Crippen molar-refractivity contribution in [3.63, 3.8) is 0 Å². The summed E-state index contributed by atoms with van der Waals surface area (Å²) < 4.78 is 59.1. The number of benzene rings is 2. The fourth-order valence-electron chi connectivity index (χ4n) is 2.91. The van der Waals surface area contributed by atoms with Crippen LogP contribution >= 0.6 is 11.8 Å². The smallest absolute Gasteiger partial charge is 0.411 e. The van der Waals surface area contributed by atoms with Gasteiger partial charge in [0.2, 0.25) is 5.89 Å². The predicted molar refractivity (Wildman–Crippen MR) is 105 cm³/mol. The van der Waals surface area contributed by atoms with Crippen LogP contribution in [0.4, 0.5) is 17.6 Å². The molecule has 0 saturated heterocycles. The monoisotopic (exact) mass is 458 g/mol. The molecule has 5 aromatic rings. The number of hydrogen-bond donors (Lipinski definition) is 0. The maximum Gasteiger partial charge on any atom is 0.416 e. The summed E-state index contributed by atoms with van der Waals surface area (Å²) in [5, 5.41) is 12.7. The van der Waals surface area contributed by atoms with E-state index in [1.807, 2.05) is 0 Å². The highest BCUT2D eigenvalue weighted by Gasteiger charge is 2.30. The number of rotatable bonds is 4. The van der Waals surface area contributed by atoms with Gasteiger partial charge in [-0.25, -0.2) is 9.37 Å². The van der Waals surface area contributed by atoms with E-state index in [0.29, 0.717) is 21.8 Å². The van der Waals surface area contributed by atoms with Crippen molar-refractivity contribution >= 4 is 17.5 Å². The average molecular weight is 458 g/mol. The fraction of sp³-hybridized carbons (Fsp3) is 0.0500. The second-order valence-corrected chi connectivity index (χ2v) is 7.48. The van der Waals surface area contributed by atoms with Gasteiger partial charge in [0.1, 0.15) is 17.2 Å². The Bertz CT molecular complexity index is 1410. The molecule has 0 aliphatic carbocycles. The summed E-state index contributed by atoms with van der Waals surface area (Å²) >= 11 is 1.06. The van der Waals surface area contributed by atoms with Crippen molar-refractivity contribution < 1.29 is 22.0 Å². The van der Waals surface area contributed by atoms with Crippen molar-refractivity contribution in [3.8, 4) is 22.7 Å². The molecule has 0 saturated carbocycles. The first kappa shape index (κ1) is 20.1. The van der Waals surface area contributed by atoms with E-state index in [-0.39, 0.29) is 16.9 Å². The van der Waals surface area contributed by atoms with Gasteiger partial charge in [-0.05, 0) is 48.2 Å². The minimum Gasteiger partial charge on any atom is -0.411 e. The van der Waals surface area contributed by atoms with Crippen LogP contribution in [0.15, 0.2) is 75.6 Å². The molecule has 0 bridgehead atoms. The van der Waals surface area contributed by atoms with Gasteiger partial charge in [0.25, 0.3) is 11.0 Å². The molecule has 0 spiro atoms. The van der Waals surface area contributed by atoms with Crippen molar-refractivity contribution in [1.82, 2.24) is 29.8 Å². The van der Waals surface area contributed by atoms with Gasteiger partial charge in [-0.3, -0.25) is 0 Å². The molecule has 5 rings (SSSR count). The highest BCUT2D eigenvalue weighted by molar-refractivity contribution is 7.99. The Labute approximate surface area is 181 Å². The van der Waals surface area contributed by atoms with Gasteiger partial charge in [0.05, 0.1) is 11.3 Å². The van der Waals surface area contributed by atoms with Crippen LogP contribution in [-0.2, 0) is 6.18 Å². The Morgan fingerprint density at radius 3 is 2.50 bits per heavy atom. The Balaban J connectivity index is 1.49. The standard InChI is InChI=1S/C20H10F4N6OS/c21-14-3-1-2-12(8-14)17-28-29-19(31-17)32-16-9-15(27-18-25-10-26-30(16)18)11-4-6-13(7-5-11)20(22,23)24/h1-10H. The largest absolute Gasteiger partial charge is 0.416 e. The van der Waals surface area contributed by atoms with E-state index < -0.39 is 17.6 Å². The summed E-state index contributed by atoms with van der Waals surface area (Å²) in [5.74, 6) is -0.0526. The van der Waals surface area contributed by atoms with Crippen LogP contribution in [0.3, 0.4) is 0 Å². The number of fused-ring (bicyclic) bond motifs is 1. The summed E-state index contributed by atoms with van der Waals surface area (Å²) in [6.45, 7) is 0. The van der Waals surface area contributed by atoms with Crippen molar-refractivity contribution in [2.45, 2.75) is 16.4 Å². The molecule has 0 N–H and O–H groups in total. The normalized spacial score (nSPS) is 11.9. The molecule has 2 aromatic carbocycles. The molecule has 32 heavy (non-hydrogen) atoms. The predicted octanol–water partition coefficient (Wildman–Crippen LogP) is 5.15. The third-order valence-corrected chi connectivity index (χ3v) is 5.24. The van der Waals surface area contributed by atoms with E-state index in [2.05, 4.69) is 25.3 Å². The lowest BCUT2D eigenvalue weighted by atomic mass is 10.1. The minimum atomic E-state index is -4.43. The van der Waals surface area contributed by atoms with E-state index in [4.69, 9.17) is 4.42 Å². The Morgan fingerprint density at radius 1 is 0.938 bits per heavy atom. The molecule has 0 radical (unpaired) electrons. The third-order valence-electron chi connectivity index (χ3n) is 4.40. The number of halogens is 4. The molecule has 0 aliphatic heterocycles. The van der Waals surface area contributed by atoms with Gasteiger partial charge in [-0.2, -0.15) is 27.8 Å².